The number of rotatable bonds is 5. The van der Waals surface area contributed by atoms with Gasteiger partial charge >= 0.3 is 0 Å². The molecule has 29 heavy (non-hydrogen) atoms. The molecule has 1 heterocycles. The molecule has 1 amide bonds. The summed E-state index contributed by atoms with van der Waals surface area (Å²) in [6.45, 7) is 1.19. The fourth-order valence-electron chi connectivity index (χ4n) is 3.85. The SMILES string of the molecule is COc1ccc(S(=O)(=O)N2CCN(C(=O)C3(c4ccc(F)cc4)CC3)CC2)cc1. The zero-order valence-electron chi connectivity index (χ0n) is 16.2. The lowest BCUT2D eigenvalue weighted by molar-refractivity contribution is -0.135. The molecule has 6 nitrogen and oxygen atoms in total. The third-order valence-electron chi connectivity index (χ3n) is 5.78. The van der Waals surface area contributed by atoms with Gasteiger partial charge in [-0.1, -0.05) is 12.1 Å². The maximum atomic E-state index is 13.2. The summed E-state index contributed by atoms with van der Waals surface area (Å²) in [7, 11) is -2.09. The van der Waals surface area contributed by atoms with Crippen molar-refractivity contribution in [1.29, 1.82) is 0 Å². The maximum absolute atomic E-state index is 13.2. The highest BCUT2D eigenvalue weighted by Gasteiger charge is 2.53. The monoisotopic (exact) mass is 418 g/mol. The van der Waals surface area contributed by atoms with Gasteiger partial charge in [0.25, 0.3) is 0 Å². The summed E-state index contributed by atoms with van der Waals surface area (Å²) in [4.78, 5) is 15.1. The first-order chi connectivity index (χ1) is 13.9. The molecule has 8 heteroatoms. The molecule has 0 radical (unpaired) electrons. The number of halogens is 1. The number of methoxy groups -OCH3 is 1. The van der Waals surface area contributed by atoms with E-state index in [4.69, 9.17) is 4.74 Å². The Morgan fingerprint density at radius 1 is 0.966 bits per heavy atom. The number of carbonyl (C=O) groups is 1. The van der Waals surface area contributed by atoms with Crippen LogP contribution < -0.4 is 4.74 Å². The van der Waals surface area contributed by atoms with Crippen LogP contribution in [0.3, 0.4) is 0 Å². The molecule has 154 valence electrons. The average molecular weight is 418 g/mol. The molecule has 2 fully saturated rings. The van der Waals surface area contributed by atoms with Crippen LogP contribution in [0.4, 0.5) is 4.39 Å². The molecule has 2 aromatic carbocycles. The number of nitrogens with zero attached hydrogens (tertiary/aromatic N) is 2. The second kappa shape index (κ2) is 7.42. The maximum Gasteiger partial charge on any atom is 0.243 e. The van der Waals surface area contributed by atoms with Crippen LogP contribution in [0.1, 0.15) is 18.4 Å². The molecule has 0 N–H and O–H groups in total. The fraction of sp³-hybridized carbons (Fsp3) is 0.381. The standard InChI is InChI=1S/C21H23FN2O4S/c1-28-18-6-8-19(9-7-18)29(26,27)24-14-12-23(13-15-24)20(25)21(10-11-21)16-2-4-17(22)5-3-16/h2-9H,10-15H2,1H3. The summed E-state index contributed by atoms with van der Waals surface area (Å²) in [5.74, 6) is 0.273. The molecular formula is C21H23FN2O4S. The summed E-state index contributed by atoms with van der Waals surface area (Å²) in [6, 6.07) is 12.4. The highest BCUT2D eigenvalue weighted by atomic mass is 32.2. The van der Waals surface area contributed by atoms with Crippen LogP contribution in [0, 0.1) is 5.82 Å². The molecule has 4 rings (SSSR count). The van der Waals surface area contributed by atoms with Crippen molar-refractivity contribution in [2.45, 2.75) is 23.2 Å². The molecule has 0 atom stereocenters. The van der Waals surface area contributed by atoms with Crippen LogP contribution >= 0.6 is 0 Å². The van der Waals surface area contributed by atoms with E-state index >= 15 is 0 Å². The van der Waals surface area contributed by atoms with E-state index < -0.39 is 15.4 Å². The normalized spacial score (nSPS) is 19.0. The smallest absolute Gasteiger partial charge is 0.243 e. The number of carbonyl (C=O) groups excluding carboxylic acids is 1. The predicted octanol–water partition coefficient (Wildman–Crippen LogP) is 2.40. The van der Waals surface area contributed by atoms with Gasteiger partial charge in [-0.15, -0.1) is 0 Å². The number of amides is 1. The van der Waals surface area contributed by atoms with Gasteiger partial charge in [-0.3, -0.25) is 4.79 Å². The van der Waals surface area contributed by atoms with Gasteiger partial charge in [0.1, 0.15) is 11.6 Å². The summed E-state index contributed by atoms with van der Waals surface area (Å²) < 4.78 is 45.5. The quantitative estimate of drug-likeness (QED) is 0.748. The van der Waals surface area contributed by atoms with Crippen LogP contribution in [-0.4, -0.2) is 56.8 Å². The van der Waals surface area contributed by atoms with E-state index in [1.807, 2.05) is 0 Å². The van der Waals surface area contributed by atoms with E-state index in [2.05, 4.69) is 0 Å². The predicted molar refractivity (Wildman–Crippen MR) is 106 cm³/mol. The minimum absolute atomic E-state index is 0.00519. The van der Waals surface area contributed by atoms with Crippen molar-refractivity contribution in [1.82, 2.24) is 9.21 Å². The summed E-state index contributed by atoms with van der Waals surface area (Å²) in [5, 5.41) is 0. The van der Waals surface area contributed by atoms with Crippen LogP contribution in [0.5, 0.6) is 5.75 Å². The minimum Gasteiger partial charge on any atom is -0.497 e. The number of hydrogen-bond acceptors (Lipinski definition) is 4. The van der Waals surface area contributed by atoms with Crippen molar-refractivity contribution >= 4 is 15.9 Å². The molecule has 1 saturated heterocycles. The van der Waals surface area contributed by atoms with E-state index in [1.54, 1.807) is 29.2 Å². The van der Waals surface area contributed by atoms with E-state index in [-0.39, 0.29) is 29.7 Å². The first-order valence-electron chi connectivity index (χ1n) is 9.56. The second-order valence-corrected chi connectivity index (χ2v) is 9.40. The zero-order valence-corrected chi connectivity index (χ0v) is 17.0. The van der Waals surface area contributed by atoms with Crippen molar-refractivity contribution < 1.29 is 22.3 Å². The molecule has 0 bridgehead atoms. The Morgan fingerprint density at radius 3 is 2.07 bits per heavy atom. The molecule has 1 saturated carbocycles. The first kappa shape index (κ1) is 19.8. The number of piperazine rings is 1. The lowest BCUT2D eigenvalue weighted by atomic mass is 9.94. The van der Waals surface area contributed by atoms with Gasteiger partial charge in [0.2, 0.25) is 15.9 Å². The van der Waals surface area contributed by atoms with E-state index in [0.717, 1.165) is 18.4 Å². The van der Waals surface area contributed by atoms with Crippen LogP contribution in [0.15, 0.2) is 53.4 Å². The van der Waals surface area contributed by atoms with Crippen molar-refractivity contribution in [3.05, 3.63) is 59.9 Å². The van der Waals surface area contributed by atoms with Crippen LogP contribution in [-0.2, 0) is 20.2 Å². The van der Waals surface area contributed by atoms with Gasteiger partial charge in [-0.05, 0) is 54.8 Å². The van der Waals surface area contributed by atoms with Gasteiger partial charge < -0.3 is 9.64 Å². The molecule has 2 aromatic rings. The molecule has 1 aliphatic carbocycles. The van der Waals surface area contributed by atoms with Crippen molar-refractivity contribution in [3.8, 4) is 5.75 Å². The van der Waals surface area contributed by atoms with Gasteiger partial charge in [0.15, 0.2) is 0 Å². The number of hydrogen-bond donors (Lipinski definition) is 0. The average Bonchev–Trinajstić information content (AvgIpc) is 3.56. The van der Waals surface area contributed by atoms with Gasteiger partial charge in [0, 0.05) is 26.2 Å². The van der Waals surface area contributed by atoms with Crippen molar-refractivity contribution in [2.24, 2.45) is 0 Å². The van der Waals surface area contributed by atoms with E-state index in [9.17, 15) is 17.6 Å². The van der Waals surface area contributed by atoms with Gasteiger partial charge in [-0.25, -0.2) is 12.8 Å². The molecule has 0 unspecified atom stereocenters. The van der Waals surface area contributed by atoms with Crippen LogP contribution in [0.25, 0.3) is 0 Å². The topological polar surface area (TPSA) is 66.9 Å². The summed E-state index contributed by atoms with van der Waals surface area (Å²) in [6.07, 6.45) is 1.48. The Kier molecular flexibility index (Phi) is 5.08. The molecule has 0 aromatic heterocycles. The number of ether oxygens (including phenoxy) is 1. The largest absolute Gasteiger partial charge is 0.497 e. The lowest BCUT2D eigenvalue weighted by Gasteiger charge is -2.36. The van der Waals surface area contributed by atoms with Gasteiger partial charge in [-0.2, -0.15) is 4.31 Å². The van der Waals surface area contributed by atoms with E-state index in [0.29, 0.717) is 18.8 Å². The lowest BCUT2D eigenvalue weighted by Crippen LogP contribution is -2.52. The highest BCUT2D eigenvalue weighted by Crippen LogP contribution is 2.49. The Balaban J connectivity index is 1.43. The molecular weight excluding hydrogens is 395 g/mol. The number of sulfonamides is 1. The van der Waals surface area contributed by atoms with Gasteiger partial charge in [0.05, 0.1) is 17.4 Å². The first-order valence-corrected chi connectivity index (χ1v) is 11.0. The third-order valence-corrected chi connectivity index (χ3v) is 7.69. The Morgan fingerprint density at radius 2 is 1.55 bits per heavy atom. The zero-order chi connectivity index (χ0) is 20.6. The Bertz CT molecular complexity index is 994. The Labute approximate surface area is 169 Å². The summed E-state index contributed by atoms with van der Waals surface area (Å²) >= 11 is 0. The fourth-order valence-corrected chi connectivity index (χ4v) is 5.27. The third kappa shape index (κ3) is 3.62. The molecule has 0 spiro atoms. The van der Waals surface area contributed by atoms with Crippen molar-refractivity contribution in [3.63, 3.8) is 0 Å². The Hall–Kier alpha value is -2.45. The number of benzene rings is 2. The van der Waals surface area contributed by atoms with Crippen molar-refractivity contribution in [2.75, 3.05) is 33.3 Å². The highest BCUT2D eigenvalue weighted by molar-refractivity contribution is 7.89. The summed E-state index contributed by atoms with van der Waals surface area (Å²) in [5.41, 5.74) is 0.252. The van der Waals surface area contributed by atoms with E-state index in [1.165, 1.54) is 35.7 Å². The second-order valence-electron chi connectivity index (χ2n) is 7.46. The minimum atomic E-state index is -3.61. The molecule has 1 aliphatic heterocycles. The molecule has 2 aliphatic rings. The van der Waals surface area contributed by atoms with Crippen LogP contribution in [0.2, 0.25) is 0 Å².